The van der Waals surface area contributed by atoms with Gasteiger partial charge in [-0.1, -0.05) is 25.1 Å². The van der Waals surface area contributed by atoms with Crippen molar-refractivity contribution in [2.24, 2.45) is 5.92 Å². The van der Waals surface area contributed by atoms with Crippen LogP contribution in [0.3, 0.4) is 0 Å². The van der Waals surface area contributed by atoms with Crippen molar-refractivity contribution >= 4 is 48.4 Å². The number of aromatic amines is 1. The van der Waals surface area contributed by atoms with Crippen LogP contribution in [0.15, 0.2) is 48.7 Å². The summed E-state index contributed by atoms with van der Waals surface area (Å²) in [6, 6.07) is 13.2. The third kappa shape index (κ3) is 5.74. The molecule has 0 aliphatic carbocycles. The topological polar surface area (TPSA) is 141 Å². The van der Waals surface area contributed by atoms with E-state index >= 15 is 0 Å². The van der Waals surface area contributed by atoms with Crippen molar-refractivity contribution in [3.63, 3.8) is 0 Å². The molecule has 4 N–H and O–H groups in total. The number of esters is 1. The number of H-pyrrole nitrogens is 1. The van der Waals surface area contributed by atoms with Crippen LogP contribution in [0.2, 0.25) is 18.6 Å². The standard InChI is InChI=1S/C32H41N3O7Si/c1-20-30(43(3,4)40)27(14-16-36)42-32(20)24-18-22(34-28(37)17-21-19-33-25-10-6-5-9-23(21)25)12-13-26(24)35(31(32)39)15-8-7-11-29(38)41-2/h5-6,9-10,12-13,18-20,27,30,33,36,40H,7-8,11,14-17H2,1-4H3,(H,34,37)/t20-,27+,30-,32+/m0/s1. The first-order chi connectivity index (χ1) is 20.5. The van der Waals surface area contributed by atoms with Gasteiger partial charge >= 0.3 is 5.97 Å². The van der Waals surface area contributed by atoms with Crippen LogP contribution in [-0.2, 0) is 35.9 Å². The fourth-order valence-corrected chi connectivity index (χ4v) is 9.67. The molecule has 2 amide bonds. The number of aromatic nitrogens is 1. The molecule has 5 rings (SSSR count). The molecule has 0 unspecified atom stereocenters. The zero-order valence-corrected chi connectivity index (χ0v) is 26.2. The molecule has 3 aromatic rings. The summed E-state index contributed by atoms with van der Waals surface area (Å²) in [7, 11) is -1.48. The van der Waals surface area contributed by atoms with Gasteiger partial charge in [-0.2, -0.15) is 0 Å². The molecule has 0 bridgehead atoms. The second-order valence-corrected chi connectivity index (χ2v) is 16.2. The van der Waals surface area contributed by atoms with E-state index in [1.54, 1.807) is 11.0 Å². The van der Waals surface area contributed by atoms with Gasteiger partial charge in [-0.05, 0) is 62.2 Å². The monoisotopic (exact) mass is 607 g/mol. The number of amides is 2. The maximum absolute atomic E-state index is 14.4. The molecule has 0 radical (unpaired) electrons. The van der Waals surface area contributed by atoms with E-state index in [0.29, 0.717) is 42.7 Å². The molecule has 1 aromatic heterocycles. The van der Waals surface area contributed by atoms with Crippen LogP contribution in [0.5, 0.6) is 0 Å². The Morgan fingerprint density at radius 2 is 1.95 bits per heavy atom. The number of anilines is 2. The van der Waals surface area contributed by atoms with Crippen LogP contribution in [0, 0.1) is 5.92 Å². The number of para-hydroxylation sites is 1. The molecular formula is C32H41N3O7Si. The second-order valence-electron chi connectivity index (χ2n) is 12.2. The number of methoxy groups -OCH3 is 1. The number of hydrogen-bond donors (Lipinski definition) is 4. The average molecular weight is 608 g/mol. The summed E-state index contributed by atoms with van der Waals surface area (Å²) in [5, 5.41) is 13.8. The summed E-state index contributed by atoms with van der Waals surface area (Å²) < 4.78 is 11.4. The van der Waals surface area contributed by atoms with E-state index in [0.717, 1.165) is 16.5 Å². The molecule has 1 spiro atoms. The largest absolute Gasteiger partial charge is 0.469 e. The van der Waals surface area contributed by atoms with Gasteiger partial charge < -0.3 is 34.6 Å². The van der Waals surface area contributed by atoms with Gasteiger partial charge in [0.2, 0.25) is 5.91 Å². The predicted octanol–water partition coefficient (Wildman–Crippen LogP) is 4.22. The maximum Gasteiger partial charge on any atom is 0.305 e. The quantitative estimate of drug-likeness (QED) is 0.145. The molecule has 1 saturated heterocycles. The molecule has 2 aliphatic heterocycles. The molecule has 1 fully saturated rings. The number of fused-ring (bicyclic) bond motifs is 3. The van der Waals surface area contributed by atoms with Gasteiger partial charge in [0, 0.05) is 59.4 Å². The Morgan fingerprint density at radius 1 is 1.19 bits per heavy atom. The molecule has 4 atom stereocenters. The second kappa shape index (κ2) is 12.2. The number of benzene rings is 2. The number of hydrogen-bond acceptors (Lipinski definition) is 7. The Balaban J connectivity index is 1.46. The molecule has 11 heteroatoms. The number of ether oxygens (including phenoxy) is 2. The lowest BCUT2D eigenvalue weighted by Gasteiger charge is -2.32. The molecule has 43 heavy (non-hydrogen) atoms. The van der Waals surface area contributed by atoms with Gasteiger partial charge in [-0.3, -0.25) is 14.4 Å². The molecule has 2 aliphatic rings. The molecular weight excluding hydrogens is 566 g/mol. The number of nitrogens with one attached hydrogen (secondary N) is 2. The van der Waals surface area contributed by atoms with Gasteiger partial charge in [-0.25, -0.2) is 0 Å². The van der Waals surface area contributed by atoms with Crippen molar-refractivity contribution in [1.82, 2.24) is 4.98 Å². The SMILES string of the molecule is COC(=O)CCCCN1C(=O)[C@]2(O[C@H](CCO)[C@@H]([Si](C)(C)O)[C@@H]2C)c2cc(NC(=O)Cc3c[nH]c4ccccc34)ccc21. The third-order valence-corrected chi connectivity index (χ3v) is 11.5. The zero-order chi connectivity index (χ0) is 30.9. The van der Waals surface area contributed by atoms with Crippen LogP contribution in [0.4, 0.5) is 11.4 Å². The maximum atomic E-state index is 14.4. The molecule has 10 nitrogen and oxygen atoms in total. The van der Waals surface area contributed by atoms with Crippen molar-refractivity contribution in [3.05, 3.63) is 59.8 Å². The van der Waals surface area contributed by atoms with Crippen molar-refractivity contribution in [3.8, 4) is 0 Å². The van der Waals surface area contributed by atoms with Gasteiger partial charge in [0.05, 0.1) is 25.3 Å². The molecule has 230 valence electrons. The first kappa shape index (κ1) is 30.9. The summed E-state index contributed by atoms with van der Waals surface area (Å²) in [5.41, 5.74) is 2.06. The fraction of sp³-hybridized carbons (Fsp3) is 0.469. The number of aliphatic hydroxyl groups is 1. The van der Waals surface area contributed by atoms with Crippen LogP contribution >= 0.6 is 0 Å². The highest BCUT2D eigenvalue weighted by Crippen LogP contribution is 2.59. The van der Waals surface area contributed by atoms with E-state index in [4.69, 9.17) is 9.47 Å². The molecule has 0 saturated carbocycles. The fourth-order valence-electron chi connectivity index (χ4n) is 7.07. The molecule has 3 heterocycles. The van der Waals surface area contributed by atoms with Crippen LogP contribution in [0.1, 0.15) is 43.7 Å². The summed E-state index contributed by atoms with van der Waals surface area (Å²) in [5.74, 6) is -1.09. The van der Waals surface area contributed by atoms with Gasteiger partial charge in [0.1, 0.15) is 0 Å². The summed E-state index contributed by atoms with van der Waals surface area (Å²) >= 11 is 0. The Labute approximate surface area is 252 Å². The highest BCUT2D eigenvalue weighted by atomic mass is 28.4. The Kier molecular flexibility index (Phi) is 8.80. The number of carbonyl (C=O) groups excluding carboxylic acids is 3. The Morgan fingerprint density at radius 3 is 2.67 bits per heavy atom. The minimum Gasteiger partial charge on any atom is -0.469 e. The Bertz CT molecular complexity index is 1520. The Hall–Kier alpha value is -3.51. The van der Waals surface area contributed by atoms with Crippen LogP contribution < -0.4 is 10.2 Å². The van der Waals surface area contributed by atoms with E-state index in [-0.39, 0.29) is 48.7 Å². The van der Waals surface area contributed by atoms with E-state index < -0.39 is 20.0 Å². The summed E-state index contributed by atoms with van der Waals surface area (Å²) in [6.07, 6.45) is 3.22. The highest BCUT2D eigenvalue weighted by molar-refractivity contribution is 6.71. The van der Waals surface area contributed by atoms with Gasteiger partial charge in [0.15, 0.2) is 13.9 Å². The summed E-state index contributed by atoms with van der Waals surface area (Å²) in [4.78, 5) is 55.4. The minimum atomic E-state index is -2.83. The third-order valence-electron chi connectivity index (χ3n) is 8.95. The predicted molar refractivity (Wildman–Crippen MR) is 166 cm³/mol. The van der Waals surface area contributed by atoms with Crippen molar-refractivity contribution in [2.45, 2.75) is 69.4 Å². The van der Waals surface area contributed by atoms with E-state index in [1.807, 2.05) is 62.6 Å². The van der Waals surface area contributed by atoms with Crippen LogP contribution in [0.25, 0.3) is 10.9 Å². The van der Waals surface area contributed by atoms with Crippen molar-refractivity contribution in [2.75, 3.05) is 30.5 Å². The van der Waals surface area contributed by atoms with E-state index in [1.165, 1.54) is 7.11 Å². The number of aliphatic hydroxyl groups excluding tert-OH is 1. The molecule has 2 aromatic carbocycles. The van der Waals surface area contributed by atoms with E-state index in [9.17, 15) is 24.3 Å². The lowest BCUT2D eigenvalue weighted by molar-refractivity contribution is -0.146. The first-order valence-electron chi connectivity index (χ1n) is 14.9. The number of carbonyl (C=O) groups is 3. The van der Waals surface area contributed by atoms with Gasteiger partial charge in [-0.15, -0.1) is 0 Å². The van der Waals surface area contributed by atoms with Gasteiger partial charge in [0.25, 0.3) is 5.91 Å². The smallest absolute Gasteiger partial charge is 0.305 e. The van der Waals surface area contributed by atoms with Crippen molar-refractivity contribution < 1.29 is 33.8 Å². The van der Waals surface area contributed by atoms with Crippen LogP contribution in [-0.4, -0.2) is 67.4 Å². The number of rotatable bonds is 11. The summed E-state index contributed by atoms with van der Waals surface area (Å²) in [6.45, 7) is 5.87. The minimum absolute atomic E-state index is 0.128. The highest BCUT2D eigenvalue weighted by Gasteiger charge is 2.66. The zero-order valence-electron chi connectivity index (χ0n) is 25.2. The van der Waals surface area contributed by atoms with E-state index in [2.05, 4.69) is 10.3 Å². The number of nitrogens with zero attached hydrogens (tertiary/aromatic N) is 1. The first-order valence-corrected chi connectivity index (χ1v) is 17.9. The van der Waals surface area contributed by atoms with Crippen molar-refractivity contribution in [1.29, 1.82) is 0 Å². The normalized spacial score (nSPS) is 23.3. The number of unbranched alkanes of at least 4 members (excludes halogenated alkanes) is 1. The lowest BCUT2D eigenvalue weighted by Crippen LogP contribution is -2.46. The average Bonchev–Trinajstić information content (AvgIpc) is 3.58. The lowest BCUT2D eigenvalue weighted by atomic mass is 9.82.